The van der Waals surface area contributed by atoms with Crippen molar-refractivity contribution in [1.29, 1.82) is 0 Å². The van der Waals surface area contributed by atoms with E-state index in [1.807, 2.05) is 0 Å². The first-order valence-corrected chi connectivity index (χ1v) is 7.94. The molecule has 2 aliphatic rings. The maximum Gasteiger partial charge on any atom is 0.357 e. The zero-order chi connectivity index (χ0) is 13.2. The summed E-state index contributed by atoms with van der Waals surface area (Å²) < 4.78 is 4.71. The van der Waals surface area contributed by atoms with Crippen LogP contribution in [0.4, 0.5) is 5.13 Å². The smallest absolute Gasteiger partial charge is 0.357 e. The van der Waals surface area contributed by atoms with Gasteiger partial charge in [-0.1, -0.05) is 19.3 Å². The minimum absolute atomic E-state index is 0.338. The number of nitrogens with zero attached hydrogens (tertiary/aromatic N) is 2. The number of hydrogen-bond acceptors (Lipinski definition) is 5. The Bertz CT molecular complexity index is 460. The highest BCUT2D eigenvalue weighted by Gasteiger charge is 2.32. The highest BCUT2D eigenvalue weighted by Crippen LogP contribution is 2.38. The van der Waals surface area contributed by atoms with Gasteiger partial charge in [0.25, 0.3) is 0 Å². The second kappa shape index (κ2) is 5.49. The van der Waals surface area contributed by atoms with E-state index in [2.05, 4.69) is 9.88 Å². The molecule has 2 atom stereocenters. The van der Waals surface area contributed by atoms with Gasteiger partial charge in [0.05, 0.1) is 7.11 Å². The number of fused-ring (bicyclic) bond motifs is 1. The summed E-state index contributed by atoms with van der Waals surface area (Å²) in [5, 5.41) is 2.78. The summed E-state index contributed by atoms with van der Waals surface area (Å²) in [6.45, 7) is 2.19. The van der Waals surface area contributed by atoms with E-state index in [-0.39, 0.29) is 5.97 Å². The first-order chi connectivity index (χ1) is 9.28. The molecular weight excluding hydrogens is 260 g/mol. The van der Waals surface area contributed by atoms with Crippen molar-refractivity contribution in [3.05, 3.63) is 11.1 Å². The zero-order valence-corrected chi connectivity index (χ0v) is 12.1. The van der Waals surface area contributed by atoms with Gasteiger partial charge in [0.1, 0.15) is 0 Å². The van der Waals surface area contributed by atoms with Crippen LogP contribution in [0.1, 0.15) is 42.6 Å². The van der Waals surface area contributed by atoms with Crippen molar-refractivity contribution < 1.29 is 9.53 Å². The molecule has 1 aromatic heterocycles. The second-order valence-corrected chi connectivity index (χ2v) is 6.38. The van der Waals surface area contributed by atoms with E-state index in [9.17, 15) is 4.79 Å². The summed E-state index contributed by atoms with van der Waals surface area (Å²) in [5.74, 6) is 1.41. The lowest BCUT2D eigenvalue weighted by Gasteiger charge is -2.41. The highest BCUT2D eigenvalue weighted by molar-refractivity contribution is 7.13. The lowest BCUT2D eigenvalue weighted by Crippen LogP contribution is -2.41. The van der Waals surface area contributed by atoms with Crippen molar-refractivity contribution in [2.45, 2.75) is 32.1 Å². The number of aromatic nitrogens is 1. The number of rotatable bonds is 2. The molecule has 0 radical (unpaired) electrons. The number of carbonyl (C=O) groups excluding carboxylic acids is 1. The van der Waals surface area contributed by atoms with E-state index in [4.69, 9.17) is 4.74 Å². The summed E-state index contributed by atoms with van der Waals surface area (Å²) in [5.41, 5.74) is 0.438. The first kappa shape index (κ1) is 12.9. The Morgan fingerprint density at radius 2 is 2.16 bits per heavy atom. The standard InChI is InChI=1S/C14H20N2O2S/c1-18-13(17)12-9-19-14(15-12)16-7-6-10-4-2-3-5-11(10)8-16/h9-11H,2-8H2,1H3. The van der Waals surface area contributed by atoms with E-state index < -0.39 is 0 Å². The van der Waals surface area contributed by atoms with E-state index in [0.29, 0.717) is 5.69 Å². The molecule has 2 heterocycles. The van der Waals surface area contributed by atoms with Gasteiger partial charge >= 0.3 is 5.97 Å². The molecule has 104 valence electrons. The van der Waals surface area contributed by atoms with Crippen LogP contribution in [0.3, 0.4) is 0 Å². The van der Waals surface area contributed by atoms with Crippen molar-refractivity contribution in [2.24, 2.45) is 11.8 Å². The Hall–Kier alpha value is -1.10. The number of hydrogen-bond donors (Lipinski definition) is 0. The number of methoxy groups -OCH3 is 1. The Balaban J connectivity index is 1.69. The van der Waals surface area contributed by atoms with Crippen LogP contribution in [-0.2, 0) is 4.74 Å². The van der Waals surface area contributed by atoms with Crippen LogP contribution in [0.5, 0.6) is 0 Å². The molecule has 4 nitrogen and oxygen atoms in total. The number of esters is 1. The summed E-state index contributed by atoms with van der Waals surface area (Å²) in [6.07, 6.45) is 6.82. The molecule has 0 aromatic carbocycles. The Labute approximate surface area is 117 Å². The molecular formula is C14H20N2O2S. The fourth-order valence-corrected chi connectivity index (χ4v) is 4.21. The minimum atomic E-state index is -0.338. The van der Waals surface area contributed by atoms with Crippen molar-refractivity contribution >= 4 is 22.4 Å². The van der Waals surface area contributed by atoms with E-state index in [1.54, 1.807) is 16.7 Å². The van der Waals surface area contributed by atoms with Gasteiger partial charge in [-0.25, -0.2) is 9.78 Å². The predicted molar refractivity (Wildman–Crippen MR) is 75.7 cm³/mol. The monoisotopic (exact) mass is 280 g/mol. The fraction of sp³-hybridized carbons (Fsp3) is 0.714. The van der Waals surface area contributed by atoms with Crippen LogP contribution in [0.15, 0.2) is 5.38 Å². The first-order valence-electron chi connectivity index (χ1n) is 7.06. The number of anilines is 1. The Morgan fingerprint density at radius 1 is 1.37 bits per heavy atom. The zero-order valence-electron chi connectivity index (χ0n) is 11.3. The van der Waals surface area contributed by atoms with Gasteiger partial charge in [0.15, 0.2) is 10.8 Å². The Morgan fingerprint density at radius 3 is 2.95 bits per heavy atom. The fourth-order valence-electron chi connectivity index (χ4n) is 3.38. The number of piperidine rings is 1. The maximum absolute atomic E-state index is 11.4. The maximum atomic E-state index is 11.4. The van der Waals surface area contributed by atoms with Crippen molar-refractivity contribution in [2.75, 3.05) is 25.1 Å². The molecule has 19 heavy (non-hydrogen) atoms. The van der Waals surface area contributed by atoms with Crippen molar-refractivity contribution in [3.8, 4) is 0 Å². The molecule has 5 heteroatoms. The third kappa shape index (κ3) is 2.61. The molecule has 1 aliphatic carbocycles. The van der Waals surface area contributed by atoms with Crippen LogP contribution in [0, 0.1) is 11.8 Å². The van der Waals surface area contributed by atoms with Crippen molar-refractivity contribution in [1.82, 2.24) is 4.98 Å². The van der Waals surface area contributed by atoms with Gasteiger partial charge in [0, 0.05) is 18.5 Å². The van der Waals surface area contributed by atoms with Crippen LogP contribution >= 0.6 is 11.3 Å². The number of carbonyl (C=O) groups is 1. The minimum Gasteiger partial charge on any atom is -0.464 e. The molecule has 0 N–H and O–H groups in total. The lowest BCUT2D eigenvalue weighted by atomic mass is 9.75. The molecule has 1 saturated heterocycles. The third-order valence-electron chi connectivity index (χ3n) is 4.45. The summed E-state index contributed by atoms with van der Waals surface area (Å²) in [4.78, 5) is 18.2. The molecule has 0 amide bonds. The number of thiazole rings is 1. The van der Waals surface area contributed by atoms with Crippen LogP contribution in [0.2, 0.25) is 0 Å². The largest absolute Gasteiger partial charge is 0.464 e. The van der Waals surface area contributed by atoms with Gasteiger partial charge in [0.2, 0.25) is 0 Å². The quantitative estimate of drug-likeness (QED) is 0.781. The Kier molecular flexibility index (Phi) is 3.73. The highest BCUT2D eigenvalue weighted by atomic mass is 32.1. The second-order valence-electron chi connectivity index (χ2n) is 5.55. The molecule has 1 aromatic rings. The summed E-state index contributed by atoms with van der Waals surface area (Å²) >= 11 is 1.55. The SMILES string of the molecule is COC(=O)c1csc(N2CCC3CCCCC3C2)n1. The molecule has 3 rings (SSSR count). The molecule has 2 unspecified atom stereocenters. The average molecular weight is 280 g/mol. The molecule has 2 fully saturated rings. The van der Waals surface area contributed by atoms with Gasteiger partial charge in [-0.15, -0.1) is 11.3 Å². The van der Waals surface area contributed by atoms with Gasteiger partial charge in [-0.2, -0.15) is 0 Å². The van der Waals surface area contributed by atoms with Crippen LogP contribution in [0.25, 0.3) is 0 Å². The summed E-state index contributed by atoms with van der Waals surface area (Å²) in [6, 6.07) is 0. The van der Waals surface area contributed by atoms with Gasteiger partial charge < -0.3 is 9.64 Å². The van der Waals surface area contributed by atoms with Gasteiger partial charge in [-0.05, 0) is 24.7 Å². The van der Waals surface area contributed by atoms with Crippen LogP contribution in [-0.4, -0.2) is 31.2 Å². The molecule has 0 spiro atoms. The number of ether oxygens (including phenoxy) is 1. The third-order valence-corrected chi connectivity index (χ3v) is 5.35. The molecule has 1 aliphatic heterocycles. The lowest BCUT2D eigenvalue weighted by molar-refractivity contribution is 0.0595. The van der Waals surface area contributed by atoms with Crippen LogP contribution < -0.4 is 4.90 Å². The predicted octanol–water partition coefficient (Wildman–Crippen LogP) is 2.95. The molecule has 0 bridgehead atoms. The van der Waals surface area contributed by atoms with Gasteiger partial charge in [-0.3, -0.25) is 0 Å². The van der Waals surface area contributed by atoms with Crippen molar-refractivity contribution in [3.63, 3.8) is 0 Å². The van der Waals surface area contributed by atoms with E-state index in [1.165, 1.54) is 39.2 Å². The average Bonchev–Trinajstić information content (AvgIpc) is 2.95. The molecule has 1 saturated carbocycles. The van der Waals surface area contributed by atoms with E-state index >= 15 is 0 Å². The topological polar surface area (TPSA) is 42.4 Å². The normalized spacial score (nSPS) is 26.9. The van der Waals surface area contributed by atoms with E-state index in [0.717, 1.165) is 30.1 Å². The summed E-state index contributed by atoms with van der Waals surface area (Å²) in [7, 11) is 1.40.